The highest BCUT2D eigenvalue weighted by molar-refractivity contribution is 7.89. The van der Waals surface area contributed by atoms with Crippen molar-refractivity contribution in [2.45, 2.75) is 37.8 Å². The van der Waals surface area contributed by atoms with Crippen LogP contribution in [0.25, 0.3) is 0 Å². The zero-order valence-corrected chi connectivity index (χ0v) is 12.5. The van der Waals surface area contributed by atoms with E-state index in [1.807, 2.05) is 0 Å². The standard InChI is InChI=1S/C13H20N2O4S/c1-8(2)12(13(16)17)15-9(3)10-5-4-6-11(7-10)20(14,18)19/h4-9,12,15H,1-3H3,(H,16,17)(H2,14,18,19). The Labute approximate surface area is 119 Å². The molecule has 0 amide bonds. The number of nitrogens with two attached hydrogens (primary N) is 1. The molecule has 2 atom stereocenters. The van der Waals surface area contributed by atoms with E-state index in [1.54, 1.807) is 32.9 Å². The van der Waals surface area contributed by atoms with Gasteiger partial charge in [0.25, 0.3) is 0 Å². The van der Waals surface area contributed by atoms with Crippen LogP contribution >= 0.6 is 0 Å². The first kappa shape index (κ1) is 16.6. The lowest BCUT2D eigenvalue weighted by Crippen LogP contribution is -2.42. The molecule has 1 aromatic carbocycles. The summed E-state index contributed by atoms with van der Waals surface area (Å²) in [6.07, 6.45) is 0. The quantitative estimate of drug-likeness (QED) is 0.728. The zero-order valence-electron chi connectivity index (χ0n) is 11.7. The van der Waals surface area contributed by atoms with E-state index in [1.165, 1.54) is 12.1 Å². The highest BCUT2D eigenvalue weighted by Gasteiger charge is 2.23. The molecule has 0 aliphatic heterocycles. The lowest BCUT2D eigenvalue weighted by molar-refractivity contribution is -0.140. The summed E-state index contributed by atoms with van der Waals surface area (Å²) in [6.45, 7) is 5.39. The van der Waals surface area contributed by atoms with Crippen molar-refractivity contribution in [3.8, 4) is 0 Å². The lowest BCUT2D eigenvalue weighted by Gasteiger charge is -2.23. The monoisotopic (exact) mass is 300 g/mol. The summed E-state index contributed by atoms with van der Waals surface area (Å²) in [6, 6.07) is 5.15. The summed E-state index contributed by atoms with van der Waals surface area (Å²) in [4.78, 5) is 11.2. The third kappa shape index (κ3) is 4.29. The van der Waals surface area contributed by atoms with Crippen LogP contribution in [0.2, 0.25) is 0 Å². The third-order valence-electron chi connectivity index (χ3n) is 3.05. The number of carboxylic acids is 1. The SMILES string of the molecule is CC(NC(C(=O)O)C(C)C)c1cccc(S(N)(=O)=O)c1. The second-order valence-electron chi connectivity index (χ2n) is 5.07. The normalized spacial score (nSPS) is 15.1. The molecule has 0 spiro atoms. The summed E-state index contributed by atoms with van der Waals surface area (Å²) in [7, 11) is -3.76. The Morgan fingerprint density at radius 1 is 1.30 bits per heavy atom. The first-order chi connectivity index (χ1) is 9.12. The van der Waals surface area contributed by atoms with E-state index in [2.05, 4.69) is 5.32 Å². The number of benzene rings is 1. The van der Waals surface area contributed by atoms with E-state index < -0.39 is 22.0 Å². The molecule has 0 saturated heterocycles. The Bertz CT molecular complexity index is 584. The van der Waals surface area contributed by atoms with E-state index >= 15 is 0 Å². The highest BCUT2D eigenvalue weighted by Crippen LogP contribution is 2.18. The van der Waals surface area contributed by atoms with Gasteiger partial charge in [-0.15, -0.1) is 0 Å². The van der Waals surface area contributed by atoms with Crippen molar-refractivity contribution in [1.82, 2.24) is 5.32 Å². The van der Waals surface area contributed by atoms with Crippen LogP contribution in [-0.4, -0.2) is 25.5 Å². The summed E-state index contributed by atoms with van der Waals surface area (Å²) in [5, 5.41) is 17.2. The maximum atomic E-state index is 11.3. The van der Waals surface area contributed by atoms with E-state index in [0.717, 1.165) is 0 Å². The molecule has 4 N–H and O–H groups in total. The van der Waals surface area contributed by atoms with Crippen LogP contribution in [0.15, 0.2) is 29.2 Å². The molecule has 112 valence electrons. The molecule has 0 fully saturated rings. The number of sulfonamides is 1. The molecule has 0 heterocycles. The molecule has 7 heteroatoms. The number of nitrogens with one attached hydrogen (secondary N) is 1. The number of rotatable bonds is 6. The van der Waals surface area contributed by atoms with Crippen molar-refractivity contribution in [2.24, 2.45) is 11.1 Å². The Hall–Kier alpha value is -1.44. The first-order valence-corrected chi connectivity index (χ1v) is 7.79. The predicted octanol–water partition coefficient (Wildman–Crippen LogP) is 1.09. The van der Waals surface area contributed by atoms with Gasteiger partial charge in [-0.2, -0.15) is 0 Å². The van der Waals surface area contributed by atoms with E-state index in [9.17, 15) is 13.2 Å². The van der Waals surface area contributed by atoms with Crippen LogP contribution in [0.4, 0.5) is 0 Å². The second kappa shape index (κ2) is 6.34. The Balaban J connectivity index is 2.98. The molecule has 0 aliphatic rings. The molecule has 0 aromatic heterocycles. The van der Waals surface area contributed by atoms with Crippen molar-refractivity contribution in [1.29, 1.82) is 0 Å². The molecule has 1 aromatic rings. The van der Waals surface area contributed by atoms with Crippen molar-refractivity contribution in [3.05, 3.63) is 29.8 Å². The Morgan fingerprint density at radius 2 is 1.90 bits per heavy atom. The fourth-order valence-corrected chi connectivity index (χ4v) is 2.44. The largest absolute Gasteiger partial charge is 0.480 e. The number of primary sulfonamides is 1. The lowest BCUT2D eigenvalue weighted by atomic mass is 10.0. The average molecular weight is 300 g/mol. The van der Waals surface area contributed by atoms with E-state index in [4.69, 9.17) is 10.2 Å². The minimum Gasteiger partial charge on any atom is -0.480 e. The van der Waals surface area contributed by atoms with Crippen molar-refractivity contribution in [2.75, 3.05) is 0 Å². The van der Waals surface area contributed by atoms with Crippen molar-refractivity contribution in [3.63, 3.8) is 0 Å². The molecule has 0 aliphatic carbocycles. The minimum atomic E-state index is -3.76. The van der Waals surface area contributed by atoms with Crippen LogP contribution in [-0.2, 0) is 14.8 Å². The number of hydrogen-bond acceptors (Lipinski definition) is 4. The van der Waals surface area contributed by atoms with Crippen LogP contribution in [0.1, 0.15) is 32.4 Å². The van der Waals surface area contributed by atoms with Crippen LogP contribution in [0.3, 0.4) is 0 Å². The Kier molecular flexibility index (Phi) is 5.27. The maximum Gasteiger partial charge on any atom is 0.320 e. The summed E-state index contributed by atoms with van der Waals surface area (Å²) in [5.41, 5.74) is 0.670. The molecule has 2 unspecified atom stereocenters. The van der Waals surface area contributed by atoms with Gasteiger partial charge in [0.1, 0.15) is 6.04 Å². The summed E-state index contributed by atoms with van der Waals surface area (Å²) in [5.74, 6) is -1.02. The van der Waals surface area contributed by atoms with Gasteiger partial charge in [-0.05, 0) is 30.5 Å². The fraction of sp³-hybridized carbons (Fsp3) is 0.462. The van der Waals surface area contributed by atoms with Gasteiger partial charge in [-0.3, -0.25) is 10.1 Å². The molecule has 0 saturated carbocycles. The van der Waals surface area contributed by atoms with Gasteiger partial charge < -0.3 is 5.11 Å². The van der Waals surface area contributed by atoms with E-state index in [-0.39, 0.29) is 16.9 Å². The van der Waals surface area contributed by atoms with Gasteiger partial charge in [0.2, 0.25) is 10.0 Å². The number of carbonyl (C=O) groups is 1. The number of aliphatic carboxylic acids is 1. The first-order valence-electron chi connectivity index (χ1n) is 6.24. The molecule has 6 nitrogen and oxygen atoms in total. The molecular formula is C13H20N2O4S. The Morgan fingerprint density at radius 3 is 2.35 bits per heavy atom. The predicted molar refractivity (Wildman–Crippen MR) is 75.6 cm³/mol. The highest BCUT2D eigenvalue weighted by atomic mass is 32.2. The zero-order chi connectivity index (χ0) is 15.5. The van der Waals surface area contributed by atoms with Gasteiger partial charge in [0, 0.05) is 6.04 Å². The molecule has 0 bridgehead atoms. The average Bonchev–Trinajstić information content (AvgIpc) is 2.34. The fourth-order valence-electron chi connectivity index (χ4n) is 1.88. The maximum absolute atomic E-state index is 11.3. The summed E-state index contributed by atoms with van der Waals surface area (Å²) >= 11 is 0. The van der Waals surface area contributed by atoms with Crippen LogP contribution < -0.4 is 10.5 Å². The van der Waals surface area contributed by atoms with E-state index in [0.29, 0.717) is 5.56 Å². The second-order valence-corrected chi connectivity index (χ2v) is 6.63. The van der Waals surface area contributed by atoms with Gasteiger partial charge in [-0.25, -0.2) is 13.6 Å². The van der Waals surface area contributed by atoms with Gasteiger partial charge in [0.05, 0.1) is 4.90 Å². The number of hydrogen-bond donors (Lipinski definition) is 3. The topological polar surface area (TPSA) is 109 Å². The third-order valence-corrected chi connectivity index (χ3v) is 3.96. The molecular weight excluding hydrogens is 280 g/mol. The smallest absolute Gasteiger partial charge is 0.320 e. The molecule has 0 radical (unpaired) electrons. The van der Waals surface area contributed by atoms with Gasteiger partial charge in [-0.1, -0.05) is 26.0 Å². The van der Waals surface area contributed by atoms with Crippen LogP contribution in [0.5, 0.6) is 0 Å². The summed E-state index contributed by atoms with van der Waals surface area (Å²) < 4.78 is 22.6. The van der Waals surface area contributed by atoms with Gasteiger partial charge in [0.15, 0.2) is 0 Å². The van der Waals surface area contributed by atoms with Crippen LogP contribution in [0, 0.1) is 5.92 Å². The molecule has 20 heavy (non-hydrogen) atoms. The minimum absolute atomic E-state index is 0.0140. The molecule has 1 rings (SSSR count). The number of carboxylic acid groups (broad SMARTS) is 1. The van der Waals surface area contributed by atoms with Crippen molar-refractivity contribution < 1.29 is 18.3 Å². The van der Waals surface area contributed by atoms with Gasteiger partial charge >= 0.3 is 5.97 Å². The van der Waals surface area contributed by atoms with Crippen molar-refractivity contribution >= 4 is 16.0 Å².